The molecule has 1 aliphatic heterocycles. The minimum absolute atomic E-state index is 0.641. The normalized spacial score (nSPS) is 30.3. The lowest BCUT2D eigenvalue weighted by atomic mass is 9.78. The smallest absolute Gasteiger partial charge is 0.318 e. The number of rotatable bonds is 4. The van der Waals surface area contributed by atoms with Gasteiger partial charge in [0.1, 0.15) is 0 Å². The third-order valence-corrected chi connectivity index (χ3v) is 5.06. The molecule has 4 rings (SSSR count). The van der Waals surface area contributed by atoms with Gasteiger partial charge >= 0.3 is 6.01 Å². The number of aromatic nitrogens is 2. The molecule has 1 aromatic rings. The zero-order valence-electron chi connectivity index (χ0n) is 12.1. The van der Waals surface area contributed by atoms with Gasteiger partial charge in [0.05, 0.1) is 6.54 Å². The summed E-state index contributed by atoms with van der Waals surface area (Å²) in [6, 6.07) is 2.08. The van der Waals surface area contributed by atoms with Gasteiger partial charge < -0.3 is 14.6 Å². The first kappa shape index (κ1) is 12.6. The van der Waals surface area contributed by atoms with Gasteiger partial charge in [0.25, 0.3) is 0 Å². The molecular formula is C15H24N4O. The van der Waals surface area contributed by atoms with Crippen LogP contribution in [0.15, 0.2) is 4.42 Å². The Bertz CT molecular complexity index is 454. The highest BCUT2D eigenvalue weighted by molar-refractivity contribution is 5.28. The van der Waals surface area contributed by atoms with Gasteiger partial charge in [-0.25, -0.2) is 0 Å². The lowest BCUT2D eigenvalue weighted by Crippen LogP contribution is -2.47. The topological polar surface area (TPSA) is 54.2 Å². The Morgan fingerprint density at radius 3 is 2.80 bits per heavy atom. The molecule has 2 heterocycles. The van der Waals surface area contributed by atoms with Crippen LogP contribution in [-0.4, -0.2) is 28.8 Å². The number of hydrogen-bond donors (Lipinski definition) is 1. The molecule has 2 unspecified atom stereocenters. The molecule has 110 valence electrons. The minimum Gasteiger partial charge on any atom is -0.407 e. The Morgan fingerprint density at radius 1 is 1.05 bits per heavy atom. The summed E-state index contributed by atoms with van der Waals surface area (Å²) in [7, 11) is 0. The van der Waals surface area contributed by atoms with E-state index in [0.29, 0.717) is 12.1 Å². The van der Waals surface area contributed by atoms with Gasteiger partial charge in [-0.15, -0.1) is 5.10 Å². The second-order valence-corrected chi connectivity index (χ2v) is 6.58. The van der Waals surface area contributed by atoms with Gasteiger partial charge in [0.15, 0.2) is 0 Å². The summed E-state index contributed by atoms with van der Waals surface area (Å²) in [5.41, 5.74) is 0. The Balaban J connectivity index is 1.44. The van der Waals surface area contributed by atoms with E-state index in [-0.39, 0.29) is 0 Å². The number of nitrogens with zero attached hydrogens (tertiary/aromatic N) is 3. The molecule has 0 bridgehead atoms. The summed E-state index contributed by atoms with van der Waals surface area (Å²) in [5, 5.41) is 11.9. The van der Waals surface area contributed by atoms with Crippen LogP contribution in [0.25, 0.3) is 0 Å². The van der Waals surface area contributed by atoms with E-state index in [2.05, 4.69) is 20.4 Å². The molecule has 3 fully saturated rings. The number of hydrogen-bond acceptors (Lipinski definition) is 5. The van der Waals surface area contributed by atoms with Crippen molar-refractivity contribution in [3.05, 3.63) is 5.89 Å². The van der Waals surface area contributed by atoms with Crippen LogP contribution in [0.3, 0.4) is 0 Å². The molecule has 5 heteroatoms. The monoisotopic (exact) mass is 276 g/mol. The SMILES string of the molecule is C1CCC2C(C1)CCCN2c1nnc(CNC2CC2)o1. The molecule has 0 aromatic carbocycles. The molecule has 2 aliphatic carbocycles. The van der Waals surface area contributed by atoms with Crippen LogP contribution in [0.4, 0.5) is 6.01 Å². The summed E-state index contributed by atoms with van der Waals surface area (Å²) in [5.74, 6) is 1.59. The minimum atomic E-state index is 0.641. The fourth-order valence-corrected chi connectivity index (χ4v) is 3.81. The zero-order valence-corrected chi connectivity index (χ0v) is 12.1. The van der Waals surface area contributed by atoms with Crippen molar-refractivity contribution in [3.8, 4) is 0 Å². The van der Waals surface area contributed by atoms with Gasteiger partial charge in [-0.2, -0.15) is 0 Å². The number of fused-ring (bicyclic) bond motifs is 1. The van der Waals surface area contributed by atoms with Crippen molar-refractivity contribution in [1.82, 2.24) is 15.5 Å². The fourth-order valence-electron chi connectivity index (χ4n) is 3.81. The summed E-state index contributed by atoms with van der Waals surface area (Å²) >= 11 is 0. The Kier molecular flexibility index (Phi) is 3.38. The van der Waals surface area contributed by atoms with Crippen LogP contribution in [0.5, 0.6) is 0 Å². The highest BCUT2D eigenvalue weighted by atomic mass is 16.4. The summed E-state index contributed by atoms with van der Waals surface area (Å²) < 4.78 is 5.89. The van der Waals surface area contributed by atoms with Gasteiger partial charge in [-0.1, -0.05) is 17.9 Å². The highest BCUT2D eigenvalue weighted by Crippen LogP contribution is 2.37. The van der Waals surface area contributed by atoms with Crippen molar-refractivity contribution < 1.29 is 4.42 Å². The second kappa shape index (κ2) is 5.35. The van der Waals surface area contributed by atoms with E-state index in [1.165, 1.54) is 51.4 Å². The van der Waals surface area contributed by atoms with E-state index in [0.717, 1.165) is 30.9 Å². The average molecular weight is 276 g/mol. The number of nitrogens with one attached hydrogen (secondary N) is 1. The largest absolute Gasteiger partial charge is 0.407 e. The Labute approximate surface area is 120 Å². The molecule has 2 saturated carbocycles. The molecule has 1 saturated heterocycles. The summed E-state index contributed by atoms with van der Waals surface area (Å²) in [6.07, 6.45) is 10.6. The maximum absolute atomic E-state index is 5.89. The third kappa shape index (κ3) is 2.55. The Morgan fingerprint density at radius 2 is 1.90 bits per heavy atom. The molecule has 2 atom stereocenters. The molecule has 0 radical (unpaired) electrons. The first-order valence-corrected chi connectivity index (χ1v) is 8.22. The van der Waals surface area contributed by atoms with E-state index < -0.39 is 0 Å². The van der Waals surface area contributed by atoms with E-state index in [9.17, 15) is 0 Å². The van der Waals surface area contributed by atoms with Crippen molar-refractivity contribution in [2.45, 2.75) is 70.0 Å². The van der Waals surface area contributed by atoms with Crippen LogP contribution in [0, 0.1) is 5.92 Å². The molecule has 20 heavy (non-hydrogen) atoms. The van der Waals surface area contributed by atoms with E-state index in [4.69, 9.17) is 4.42 Å². The zero-order chi connectivity index (χ0) is 13.4. The lowest BCUT2D eigenvalue weighted by molar-refractivity contribution is 0.234. The van der Waals surface area contributed by atoms with Gasteiger partial charge in [-0.3, -0.25) is 0 Å². The predicted molar refractivity (Wildman–Crippen MR) is 76.5 cm³/mol. The van der Waals surface area contributed by atoms with Crippen molar-refractivity contribution in [2.75, 3.05) is 11.4 Å². The van der Waals surface area contributed by atoms with Crippen LogP contribution in [-0.2, 0) is 6.54 Å². The summed E-state index contributed by atoms with van der Waals surface area (Å²) in [4.78, 5) is 2.39. The molecule has 5 nitrogen and oxygen atoms in total. The standard InChI is InChI=1S/C15H24N4O/c1-2-6-13-11(4-1)5-3-9-19(13)15-18-17-14(20-15)10-16-12-7-8-12/h11-13,16H,1-10H2. The molecule has 1 N–H and O–H groups in total. The van der Waals surface area contributed by atoms with E-state index in [1.54, 1.807) is 0 Å². The van der Waals surface area contributed by atoms with Crippen molar-refractivity contribution in [1.29, 1.82) is 0 Å². The molecule has 3 aliphatic rings. The Hall–Kier alpha value is -1.10. The van der Waals surface area contributed by atoms with Crippen molar-refractivity contribution in [2.24, 2.45) is 5.92 Å². The maximum Gasteiger partial charge on any atom is 0.318 e. The second-order valence-electron chi connectivity index (χ2n) is 6.58. The lowest BCUT2D eigenvalue weighted by Gasteiger charge is -2.43. The maximum atomic E-state index is 5.89. The quantitative estimate of drug-likeness (QED) is 0.915. The first-order valence-electron chi connectivity index (χ1n) is 8.22. The average Bonchev–Trinajstić information content (AvgIpc) is 3.21. The van der Waals surface area contributed by atoms with Crippen LogP contribution in [0.1, 0.15) is 57.3 Å². The molecule has 0 amide bonds. The molecule has 1 aromatic heterocycles. The van der Waals surface area contributed by atoms with Crippen molar-refractivity contribution in [3.63, 3.8) is 0 Å². The number of anilines is 1. The molecular weight excluding hydrogens is 252 g/mol. The van der Waals surface area contributed by atoms with Crippen LogP contribution in [0.2, 0.25) is 0 Å². The van der Waals surface area contributed by atoms with E-state index in [1.807, 2.05) is 0 Å². The summed E-state index contributed by atoms with van der Waals surface area (Å²) in [6.45, 7) is 1.80. The number of piperidine rings is 1. The van der Waals surface area contributed by atoms with Crippen LogP contribution >= 0.6 is 0 Å². The first-order chi connectivity index (χ1) is 9.90. The fraction of sp³-hybridized carbons (Fsp3) is 0.867. The van der Waals surface area contributed by atoms with Crippen molar-refractivity contribution >= 4 is 6.01 Å². The predicted octanol–water partition coefficient (Wildman–Crippen LogP) is 2.48. The highest BCUT2D eigenvalue weighted by Gasteiger charge is 2.35. The van der Waals surface area contributed by atoms with Gasteiger partial charge in [0, 0.05) is 18.6 Å². The van der Waals surface area contributed by atoms with Gasteiger partial charge in [0.2, 0.25) is 5.89 Å². The van der Waals surface area contributed by atoms with Crippen LogP contribution < -0.4 is 10.2 Å². The third-order valence-electron chi connectivity index (χ3n) is 5.06. The molecule has 0 spiro atoms. The van der Waals surface area contributed by atoms with Gasteiger partial charge in [-0.05, 0) is 44.4 Å². The van der Waals surface area contributed by atoms with E-state index >= 15 is 0 Å².